The number of pyridine rings is 2. The smallest absolute Gasteiger partial charge is 0.272 e. The van der Waals surface area contributed by atoms with Gasteiger partial charge in [0.05, 0.1) is 5.69 Å². The van der Waals surface area contributed by atoms with Crippen LogP contribution in [-0.4, -0.2) is 20.3 Å². The van der Waals surface area contributed by atoms with E-state index in [1.165, 1.54) is 0 Å². The molecule has 0 aliphatic heterocycles. The highest BCUT2D eigenvalue weighted by molar-refractivity contribution is 6.30. The molecular formula is C20H15ClN4O. The van der Waals surface area contributed by atoms with Crippen LogP contribution in [0.1, 0.15) is 16.1 Å². The van der Waals surface area contributed by atoms with Gasteiger partial charge in [0.2, 0.25) is 0 Å². The predicted octanol–water partition coefficient (Wildman–Crippen LogP) is 3.98. The molecule has 3 heterocycles. The summed E-state index contributed by atoms with van der Waals surface area (Å²) in [5, 5.41) is 3.56. The lowest BCUT2D eigenvalue weighted by Crippen LogP contribution is -2.23. The minimum atomic E-state index is -0.234. The first-order valence-corrected chi connectivity index (χ1v) is 8.50. The van der Waals surface area contributed by atoms with Gasteiger partial charge >= 0.3 is 0 Å². The highest BCUT2D eigenvalue weighted by Gasteiger charge is 2.20. The van der Waals surface area contributed by atoms with Crippen LogP contribution in [0.3, 0.4) is 0 Å². The number of benzene rings is 1. The summed E-state index contributed by atoms with van der Waals surface area (Å²) in [6.45, 7) is 0.389. The highest BCUT2D eigenvalue weighted by atomic mass is 35.5. The molecule has 0 fully saturated rings. The highest BCUT2D eigenvalue weighted by Crippen LogP contribution is 2.26. The maximum absolute atomic E-state index is 12.8. The summed E-state index contributed by atoms with van der Waals surface area (Å²) in [5.41, 5.74) is 3.63. The summed E-state index contributed by atoms with van der Waals surface area (Å²) in [4.78, 5) is 21.4. The van der Waals surface area contributed by atoms with Crippen molar-refractivity contribution < 1.29 is 4.79 Å². The van der Waals surface area contributed by atoms with Gasteiger partial charge in [-0.3, -0.25) is 14.2 Å². The quantitative estimate of drug-likeness (QED) is 0.597. The van der Waals surface area contributed by atoms with E-state index in [4.69, 9.17) is 11.6 Å². The van der Waals surface area contributed by atoms with Crippen LogP contribution in [0.5, 0.6) is 0 Å². The zero-order valence-electron chi connectivity index (χ0n) is 13.8. The van der Waals surface area contributed by atoms with Crippen molar-refractivity contribution in [1.82, 2.24) is 19.7 Å². The molecule has 0 atom stereocenters. The largest absolute Gasteiger partial charge is 0.346 e. The zero-order valence-corrected chi connectivity index (χ0v) is 14.5. The molecule has 6 heteroatoms. The summed E-state index contributed by atoms with van der Waals surface area (Å²) in [7, 11) is 0. The molecule has 0 bridgehead atoms. The molecule has 128 valence electrons. The third kappa shape index (κ3) is 3.17. The normalized spacial score (nSPS) is 10.8. The van der Waals surface area contributed by atoms with E-state index >= 15 is 0 Å². The molecule has 1 aromatic carbocycles. The minimum absolute atomic E-state index is 0.234. The van der Waals surface area contributed by atoms with Crippen LogP contribution in [0.4, 0.5) is 0 Å². The van der Waals surface area contributed by atoms with Crippen molar-refractivity contribution in [3.8, 4) is 11.3 Å². The van der Waals surface area contributed by atoms with Crippen molar-refractivity contribution in [3.63, 3.8) is 0 Å². The summed E-state index contributed by atoms with van der Waals surface area (Å²) < 4.78 is 1.90. The van der Waals surface area contributed by atoms with Gasteiger partial charge in [0, 0.05) is 35.7 Å². The third-order valence-corrected chi connectivity index (χ3v) is 4.29. The Balaban J connectivity index is 1.73. The summed E-state index contributed by atoms with van der Waals surface area (Å²) in [6.07, 6.45) is 5.32. The van der Waals surface area contributed by atoms with Crippen molar-refractivity contribution in [2.24, 2.45) is 0 Å². The average molecular weight is 363 g/mol. The van der Waals surface area contributed by atoms with E-state index in [0.717, 1.165) is 16.8 Å². The molecule has 4 aromatic rings. The minimum Gasteiger partial charge on any atom is -0.346 e. The molecular weight excluding hydrogens is 348 g/mol. The maximum Gasteiger partial charge on any atom is 0.272 e. The Morgan fingerprint density at radius 2 is 1.92 bits per heavy atom. The first-order chi connectivity index (χ1) is 12.7. The molecule has 0 radical (unpaired) electrons. The van der Waals surface area contributed by atoms with E-state index in [0.29, 0.717) is 22.9 Å². The van der Waals surface area contributed by atoms with Gasteiger partial charge in [-0.1, -0.05) is 35.9 Å². The summed E-state index contributed by atoms with van der Waals surface area (Å²) in [5.74, 6) is -0.234. The fourth-order valence-corrected chi connectivity index (χ4v) is 2.93. The molecule has 0 unspecified atom stereocenters. The van der Waals surface area contributed by atoms with Gasteiger partial charge in [-0.15, -0.1) is 0 Å². The lowest BCUT2D eigenvalue weighted by Gasteiger charge is -2.07. The first kappa shape index (κ1) is 16.3. The molecule has 0 spiro atoms. The third-order valence-electron chi connectivity index (χ3n) is 4.04. The second-order valence-electron chi connectivity index (χ2n) is 5.79. The molecule has 26 heavy (non-hydrogen) atoms. The van der Waals surface area contributed by atoms with Crippen molar-refractivity contribution in [2.75, 3.05) is 0 Å². The summed E-state index contributed by atoms with van der Waals surface area (Å²) in [6, 6.07) is 16.8. The van der Waals surface area contributed by atoms with Crippen LogP contribution in [0.25, 0.3) is 16.9 Å². The van der Waals surface area contributed by atoms with Gasteiger partial charge in [-0.25, -0.2) is 4.98 Å². The number of hydrogen-bond donors (Lipinski definition) is 1. The van der Waals surface area contributed by atoms with Gasteiger partial charge in [-0.2, -0.15) is 0 Å². The molecule has 5 nitrogen and oxygen atoms in total. The Hall–Kier alpha value is -3.18. The second-order valence-corrected chi connectivity index (χ2v) is 6.23. The van der Waals surface area contributed by atoms with E-state index < -0.39 is 0 Å². The average Bonchev–Trinajstić information content (AvgIpc) is 3.07. The van der Waals surface area contributed by atoms with E-state index in [9.17, 15) is 4.79 Å². The number of hydrogen-bond acceptors (Lipinski definition) is 3. The van der Waals surface area contributed by atoms with Crippen molar-refractivity contribution in [3.05, 3.63) is 89.5 Å². The predicted molar refractivity (Wildman–Crippen MR) is 101 cm³/mol. The van der Waals surface area contributed by atoms with Gasteiger partial charge in [0.15, 0.2) is 5.69 Å². The number of aromatic nitrogens is 3. The van der Waals surface area contributed by atoms with Gasteiger partial charge in [0.1, 0.15) is 5.65 Å². The number of imidazole rings is 1. The van der Waals surface area contributed by atoms with E-state index in [1.54, 1.807) is 24.5 Å². The van der Waals surface area contributed by atoms with Gasteiger partial charge in [-0.05, 0) is 35.9 Å². The number of carbonyl (C=O) groups is 1. The Kier molecular flexibility index (Phi) is 4.37. The van der Waals surface area contributed by atoms with Gasteiger partial charge in [0.25, 0.3) is 5.91 Å². The number of carbonyl (C=O) groups excluding carboxylic acids is 1. The first-order valence-electron chi connectivity index (χ1n) is 8.12. The zero-order chi connectivity index (χ0) is 17.9. The monoisotopic (exact) mass is 362 g/mol. The standard InChI is InChI=1S/C20H15ClN4O/c21-16-8-6-15(7-9-16)19-18(24-17-5-1-2-11-25(17)19)20(26)23-13-14-4-3-10-22-12-14/h1-12H,13H2,(H,23,26). The number of halogens is 1. The van der Waals surface area contributed by atoms with E-state index in [1.807, 2.05) is 53.1 Å². The molecule has 0 aliphatic rings. The van der Waals surface area contributed by atoms with Crippen molar-refractivity contribution in [2.45, 2.75) is 6.54 Å². The Morgan fingerprint density at radius 1 is 1.08 bits per heavy atom. The Labute approximate surface area is 155 Å². The topological polar surface area (TPSA) is 59.3 Å². The molecule has 1 N–H and O–H groups in total. The van der Waals surface area contributed by atoms with Crippen LogP contribution in [0.15, 0.2) is 73.2 Å². The van der Waals surface area contributed by atoms with Crippen LogP contribution < -0.4 is 5.32 Å². The number of nitrogens with zero attached hydrogens (tertiary/aromatic N) is 3. The van der Waals surface area contributed by atoms with Crippen LogP contribution in [-0.2, 0) is 6.54 Å². The fourth-order valence-electron chi connectivity index (χ4n) is 2.81. The molecule has 4 rings (SSSR count). The van der Waals surface area contributed by atoms with Crippen molar-refractivity contribution in [1.29, 1.82) is 0 Å². The molecule has 0 saturated carbocycles. The SMILES string of the molecule is O=C(NCc1cccnc1)c1nc2ccccn2c1-c1ccc(Cl)cc1. The number of rotatable bonds is 4. The molecule has 1 amide bonds. The second kappa shape index (κ2) is 6.98. The Bertz CT molecular complexity index is 1060. The maximum atomic E-state index is 12.8. The number of nitrogens with one attached hydrogen (secondary N) is 1. The van der Waals surface area contributed by atoms with E-state index in [-0.39, 0.29) is 5.91 Å². The number of amides is 1. The van der Waals surface area contributed by atoms with Gasteiger partial charge < -0.3 is 5.32 Å². The van der Waals surface area contributed by atoms with Crippen LogP contribution >= 0.6 is 11.6 Å². The molecule has 0 aliphatic carbocycles. The fraction of sp³-hybridized carbons (Fsp3) is 0.0500. The number of fused-ring (bicyclic) bond motifs is 1. The summed E-state index contributed by atoms with van der Waals surface area (Å²) >= 11 is 6.00. The van der Waals surface area contributed by atoms with Crippen LogP contribution in [0.2, 0.25) is 5.02 Å². The lowest BCUT2D eigenvalue weighted by atomic mass is 10.1. The lowest BCUT2D eigenvalue weighted by molar-refractivity contribution is 0.0947. The molecule has 3 aromatic heterocycles. The molecule has 0 saturated heterocycles. The Morgan fingerprint density at radius 3 is 2.69 bits per heavy atom. The van der Waals surface area contributed by atoms with E-state index in [2.05, 4.69) is 15.3 Å². The van der Waals surface area contributed by atoms with Crippen LogP contribution in [0, 0.1) is 0 Å². The van der Waals surface area contributed by atoms with Crippen molar-refractivity contribution >= 4 is 23.2 Å².